The molecule has 1 aliphatic carbocycles. The summed E-state index contributed by atoms with van der Waals surface area (Å²) in [6.45, 7) is 0. The highest BCUT2D eigenvalue weighted by atomic mass is 16.1. The van der Waals surface area contributed by atoms with Gasteiger partial charge < -0.3 is 10.3 Å². The zero-order valence-corrected chi connectivity index (χ0v) is 9.07. The summed E-state index contributed by atoms with van der Waals surface area (Å²) < 4.78 is 0. The lowest BCUT2D eigenvalue weighted by atomic mass is 9.92. The number of aromatic amines is 1. The molecule has 0 saturated carbocycles. The number of ketones is 2. The maximum absolute atomic E-state index is 12.0. The molecule has 0 unspecified atom stereocenters. The van der Waals surface area contributed by atoms with Gasteiger partial charge >= 0.3 is 0 Å². The fourth-order valence-electron chi connectivity index (χ4n) is 2.05. The molecule has 0 spiro atoms. The number of pyridine rings is 1. The minimum Gasteiger partial charge on any atom is -0.385 e. The monoisotopic (exact) mass is 227 g/mol. The third kappa shape index (κ3) is 1.22. The molecule has 0 atom stereocenters. The van der Waals surface area contributed by atoms with Crippen LogP contribution in [0.25, 0.3) is 11.0 Å². The van der Waals surface area contributed by atoms with Gasteiger partial charge in [-0.15, -0.1) is 0 Å². The molecule has 5 nitrogen and oxygen atoms in total. The lowest BCUT2D eigenvalue weighted by molar-refractivity contribution is 0.0980. The van der Waals surface area contributed by atoms with Crippen molar-refractivity contribution in [1.82, 2.24) is 15.3 Å². The van der Waals surface area contributed by atoms with Crippen LogP contribution in [0.4, 0.5) is 0 Å². The fourth-order valence-corrected chi connectivity index (χ4v) is 2.05. The van der Waals surface area contributed by atoms with Gasteiger partial charge in [-0.3, -0.25) is 9.59 Å². The van der Waals surface area contributed by atoms with Crippen LogP contribution in [0.2, 0.25) is 0 Å². The van der Waals surface area contributed by atoms with Crippen LogP contribution in [-0.2, 0) is 0 Å². The second-order valence-corrected chi connectivity index (χ2v) is 3.79. The van der Waals surface area contributed by atoms with E-state index in [4.69, 9.17) is 0 Å². The van der Waals surface area contributed by atoms with E-state index in [0.29, 0.717) is 27.9 Å². The van der Waals surface area contributed by atoms with Crippen molar-refractivity contribution in [2.45, 2.75) is 0 Å². The summed E-state index contributed by atoms with van der Waals surface area (Å²) in [5, 5.41) is 3.41. The summed E-state index contributed by atoms with van der Waals surface area (Å²) in [6.07, 6.45) is 4.48. The molecular weight excluding hydrogens is 218 g/mol. The number of nitrogens with one attached hydrogen (secondary N) is 2. The van der Waals surface area contributed by atoms with E-state index in [0.717, 1.165) is 0 Å². The van der Waals surface area contributed by atoms with Crippen molar-refractivity contribution in [2.75, 3.05) is 7.05 Å². The van der Waals surface area contributed by atoms with Gasteiger partial charge in [0.05, 0.1) is 11.3 Å². The molecule has 2 aromatic heterocycles. The highest BCUT2D eigenvalue weighted by Crippen LogP contribution is 2.25. The molecule has 0 fully saturated rings. The van der Waals surface area contributed by atoms with Gasteiger partial charge in [-0.2, -0.15) is 0 Å². The van der Waals surface area contributed by atoms with Crippen molar-refractivity contribution in [3.05, 3.63) is 41.4 Å². The molecule has 2 heterocycles. The molecular formula is C12H9N3O2. The predicted molar refractivity (Wildman–Crippen MR) is 61.9 cm³/mol. The molecule has 0 bridgehead atoms. The van der Waals surface area contributed by atoms with Crippen molar-refractivity contribution in [3.8, 4) is 0 Å². The Morgan fingerprint density at radius 3 is 2.94 bits per heavy atom. The molecule has 0 amide bonds. The van der Waals surface area contributed by atoms with Gasteiger partial charge in [0.15, 0.2) is 5.78 Å². The van der Waals surface area contributed by atoms with Crippen LogP contribution >= 0.6 is 0 Å². The summed E-state index contributed by atoms with van der Waals surface area (Å²) in [6, 6.07) is 1.75. The van der Waals surface area contributed by atoms with Crippen LogP contribution in [0.5, 0.6) is 0 Å². The van der Waals surface area contributed by atoms with Crippen LogP contribution in [0.1, 0.15) is 20.7 Å². The Morgan fingerprint density at radius 1 is 1.35 bits per heavy atom. The van der Waals surface area contributed by atoms with E-state index >= 15 is 0 Å². The van der Waals surface area contributed by atoms with Gasteiger partial charge in [0.2, 0.25) is 5.78 Å². The molecule has 2 N–H and O–H groups in total. The highest BCUT2D eigenvalue weighted by molar-refractivity contribution is 6.27. The van der Waals surface area contributed by atoms with Crippen LogP contribution < -0.4 is 5.32 Å². The minimum atomic E-state index is -0.197. The first-order valence-corrected chi connectivity index (χ1v) is 5.17. The van der Waals surface area contributed by atoms with E-state index in [2.05, 4.69) is 15.3 Å². The highest BCUT2D eigenvalue weighted by Gasteiger charge is 2.27. The Morgan fingerprint density at radius 2 is 2.18 bits per heavy atom. The van der Waals surface area contributed by atoms with Gasteiger partial charge in [-0.1, -0.05) is 0 Å². The molecule has 0 radical (unpaired) electrons. The molecule has 5 heteroatoms. The number of Topliss-reactive ketones (excluding diaryl/α,β-unsaturated/α-hetero) is 1. The fraction of sp³-hybridized carbons (Fsp3) is 0.0833. The smallest absolute Gasteiger partial charge is 0.211 e. The van der Waals surface area contributed by atoms with Crippen molar-refractivity contribution in [2.24, 2.45) is 0 Å². The number of H-pyrrole nitrogens is 1. The Kier molecular flexibility index (Phi) is 1.89. The number of rotatable bonds is 1. The first-order valence-electron chi connectivity index (χ1n) is 5.17. The van der Waals surface area contributed by atoms with Crippen LogP contribution in [0, 0.1) is 0 Å². The molecule has 1 aliphatic rings. The van der Waals surface area contributed by atoms with E-state index in [9.17, 15) is 9.59 Å². The van der Waals surface area contributed by atoms with E-state index in [-0.39, 0.29) is 11.6 Å². The molecule has 17 heavy (non-hydrogen) atoms. The van der Waals surface area contributed by atoms with E-state index < -0.39 is 0 Å². The average Bonchev–Trinajstić information content (AvgIpc) is 2.80. The largest absolute Gasteiger partial charge is 0.385 e. The minimum absolute atomic E-state index is 0.170. The number of likely N-dealkylation sites (N-methyl/N-ethyl adjacent to an activating group) is 1. The zero-order valence-electron chi connectivity index (χ0n) is 9.07. The lowest BCUT2D eigenvalue weighted by Gasteiger charge is -2.14. The number of hydrogen-bond acceptors (Lipinski definition) is 4. The first-order chi connectivity index (χ1) is 8.22. The number of allylic oxidation sites excluding steroid dienone is 2. The SMILES string of the molecule is CNC1=CC(=O)c2c(cnc3[nH]ccc23)C1=O. The van der Waals surface area contributed by atoms with Crippen LogP contribution in [-0.4, -0.2) is 28.6 Å². The lowest BCUT2D eigenvalue weighted by Crippen LogP contribution is -2.24. The van der Waals surface area contributed by atoms with E-state index in [1.807, 2.05) is 0 Å². The Labute approximate surface area is 96.5 Å². The maximum Gasteiger partial charge on any atom is 0.211 e. The average molecular weight is 227 g/mol. The normalized spacial score (nSPS) is 14.8. The summed E-state index contributed by atoms with van der Waals surface area (Å²) in [4.78, 5) is 31.1. The second-order valence-electron chi connectivity index (χ2n) is 3.79. The van der Waals surface area contributed by atoms with Crippen molar-refractivity contribution >= 4 is 22.6 Å². The Hall–Kier alpha value is -2.43. The number of fused-ring (bicyclic) bond motifs is 3. The number of nitrogens with zero attached hydrogens (tertiary/aromatic N) is 1. The summed E-state index contributed by atoms with van der Waals surface area (Å²) in [5.74, 6) is -0.367. The molecule has 3 rings (SSSR count). The number of carbonyl (C=O) groups is 2. The van der Waals surface area contributed by atoms with Crippen LogP contribution in [0.3, 0.4) is 0 Å². The molecule has 0 aromatic carbocycles. The van der Waals surface area contributed by atoms with Crippen molar-refractivity contribution in [3.63, 3.8) is 0 Å². The van der Waals surface area contributed by atoms with Gasteiger partial charge in [0.25, 0.3) is 0 Å². The van der Waals surface area contributed by atoms with Crippen molar-refractivity contribution in [1.29, 1.82) is 0 Å². The maximum atomic E-state index is 12.0. The zero-order chi connectivity index (χ0) is 12.0. The van der Waals surface area contributed by atoms with Crippen molar-refractivity contribution < 1.29 is 9.59 Å². The topological polar surface area (TPSA) is 74.8 Å². The molecule has 0 saturated heterocycles. The summed E-state index contributed by atoms with van der Waals surface area (Å²) in [5.41, 5.74) is 1.71. The number of hydrogen-bond donors (Lipinski definition) is 2. The van der Waals surface area contributed by atoms with Gasteiger partial charge in [-0.05, 0) is 6.07 Å². The molecule has 84 valence electrons. The second kappa shape index (κ2) is 3.28. The van der Waals surface area contributed by atoms with Crippen LogP contribution in [0.15, 0.2) is 30.2 Å². The predicted octanol–water partition coefficient (Wildman–Crippen LogP) is 1.05. The summed E-state index contributed by atoms with van der Waals surface area (Å²) >= 11 is 0. The number of aromatic nitrogens is 2. The van der Waals surface area contributed by atoms with Gasteiger partial charge in [0.1, 0.15) is 5.65 Å². The Bertz CT molecular complexity index is 682. The van der Waals surface area contributed by atoms with E-state index in [1.54, 1.807) is 19.3 Å². The quantitative estimate of drug-likeness (QED) is 0.763. The standard InChI is InChI=1S/C12H9N3O2/c1-13-8-4-9(16)10-6-2-3-14-12(6)15-5-7(10)11(8)17/h2-5,13H,1H3,(H,14,15). The Balaban J connectivity index is 2.36. The molecule has 0 aliphatic heterocycles. The van der Waals surface area contributed by atoms with Gasteiger partial charge in [-0.25, -0.2) is 4.98 Å². The number of carbonyl (C=O) groups excluding carboxylic acids is 2. The van der Waals surface area contributed by atoms with E-state index in [1.165, 1.54) is 12.3 Å². The first kappa shape index (κ1) is 9.77. The third-order valence-electron chi connectivity index (χ3n) is 2.87. The third-order valence-corrected chi connectivity index (χ3v) is 2.87. The molecule has 2 aromatic rings. The van der Waals surface area contributed by atoms with Gasteiger partial charge in [0, 0.05) is 36.5 Å². The summed E-state index contributed by atoms with van der Waals surface area (Å²) in [7, 11) is 1.62.